The van der Waals surface area contributed by atoms with E-state index in [0.29, 0.717) is 11.8 Å². The van der Waals surface area contributed by atoms with Gasteiger partial charge in [0.25, 0.3) is 0 Å². The molecule has 0 aromatic heterocycles. The molecule has 4 rings (SSSR count). The normalized spacial score (nSPS) is 23.2. The number of rotatable bonds is 5. The van der Waals surface area contributed by atoms with E-state index in [0.717, 1.165) is 37.9 Å². The summed E-state index contributed by atoms with van der Waals surface area (Å²) in [5.74, 6) is 1.03. The number of amides is 1. The number of carbonyl (C=O) groups is 1. The molecule has 0 radical (unpaired) electrons. The molecule has 0 spiro atoms. The third kappa shape index (κ3) is 3.34. The predicted molar refractivity (Wildman–Crippen MR) is 99.9 cm³/mol. The standard InChI is InChI=1S/C22H25NO2/c24-14-19-12-17(8-9-20(19)18-10-11-23(13-18)15-25)22-5-3-1-2-4-21(22)16-6-7-16/h1-2,4-5,8-9,12,15-16,18,24H,3,6-7,10-11,13-14H2. The zero-order chi connectivity index (χ0) is 17.2. The van der Waals surface area contributed by atoms with Crippen LogP contribution in [0.15, 0.2) is 48.1 Å². The van der Waals surface area contributed by atoms with Gasteiger partial charge in [-0.3, -0.25) is 4.79 Å². The Morgan fingerprint density at radius 3 is 2.80 bits per heavy atom. The quantitative estimate of drug-likeness (QED) is 0.832. The highest BCUT2D eigenvalue weighted by atomic mass is 16.3. The van der Waals surface area contributed by atoms with Crippen molar-refractivity contribution in [3.05, 3.63) is 64.8 Å². The first-order valence-electron chi connectivity index (χ1n) is 9.31. The summed E-state index contributed by atoms with van der Waals surface area (Å²) in [6.45, 7) is 1.62. The van der Waals surface area contributed by atoms with Crippen LogP contribution >= 0.6 is 0 Å². The fourth-order valence-corrected chi connectivity index (χ4v) is 4.12. The summed E-state index contributed by atoms with van der Waals surface area (Å²) in [6, 6.07) is 6.53. The van der Waals surface area contributed by atoms with Crippen LogP contribution < -0.4 is 0 Å². The van der Waals surface area contributed by atoms with Crippen LogP contribution in [0.4, 0.5) is 0 Å². The Bertz CT molecular complexity index is 755. The molecule has 1 atom stereocenters. The molecule has 3 aliphatic rings. The monoisotopic (exact) mass is 335 g/mol. The molecular weight excluding hydrogens is 310 g/mol. The van der Waals surface area contributed by atoms with Gasteiger partial charge in [-0.1, -0.05) is 36.4 Å². The van der Waals surface area contributed by atoms with Crippen LogP contribution in [0.3, 0.4) is 0 Å². The number of benzene rings is 1. The number of carbonyl (C=O) groups excluding carboxylic acids is 1. The molecule has 1 saturated heterocycles. The summed E-state index contributed by atoms with van der Waals surface area (Å²) in [5, 5.41) is 9.94. The average molecular weight is 335 g/mol. The van der Waals surface area contributed by atoms with Crippen molar-refractivity contribution in [1.82, 2.24) is 4.90 Å². The van der Waals surface area contributed by atoms with Gasteiger partial charge in [-0.15, -0.1) is 0 Å². The third-order valence-corrected chi connectivity index (χ3v) is 5.63. The Morgan fingerprint density at radius 2 is 2.08 bits per heavy atom. The lowest BCUT2D eigenvalue weighted by Gasteiger charge is -2.18. The largest absolute Gasteiger partial charge is 0.392 e. The fourth-order valence-electron chi connectivity index (χ4n) is 4.12. The lowest BCUT2D eigenvalue weighted by atomic mass is 9.88. The van der Waals surface area contributed by atoms with Crippen LogP contribution in [0.25, 0.3) is 5.57 Å². The summed E-state index contributed by atoms with van der Waals surface area (Å²) in [7, 11) is 0. The Balaban J connectivity index is 1.65. The maximum Gasteiger partial charge on any atom is 0.209 e. The van der Waals surface area contributed by atoms with Crippen molar-refractivity contribution >= 4 is 12.0 Å². The summed E-state index contributed by atoms with van der Waals surface area (Å²) < 4.78 is 0. The minimum Gasteiger partial charge on any atom is -0.392 e. The van der Waals surface area contributed by atoms with Crippen molar-refractivity contribution in [3.8, 4) is 0 Å². The van der Waals surface area contributed by atoms with Crippen LogP contribution in [-0.2, 0) is 11.4 Å². The van der Waals surface area contributed by atoms with Crippen molar-refractivity contribution in [1.29, 1.82) is 0 Å². The summed E-state index contributed by atoms with van der Waals surface area (Å²) in [6.07, 6.45) is 14.4. The third-order valence-electron chi connectivity index (χ3n) is 5.63. The average Bonchev–Trinajstić information content (AvgIpc) is 3.42. The zero-order valence-electron chi connectivity index (χ0n) is 14.5. The molecule has 25 heavy (non-hydrogen) atoms. The van der Waals surface area contributed by atoms with Gasteiger partial charge in [0.2, 0.25) is 6.41 Å². The molecule has 0 bridgehead atoms. The van der Waals surface area contributed by atoms with E-state index in [4.69, 9.17) is 0 Å². The van der Waals surface area contributed by atoms with Gasteiger partial charge in [0.05, 0.1) is 6.61 Å². The van der Waals surface area contributed by atoms with E-state index in [2.05, 4.69) is 42.5 Å². The molecule has 130 valence electrons. The highest BCUT2D eigenvalue weighted by Crippen LogP contribution is 2.44. The van der Waals surface area contributed by atoms with E-state index < -0.39 is 0 Å². The first-order chi connectivity index (χ1) is 12.3. The fraction of sp³-hybridized carbons (Fsp3) is 0.409. The Morgan fingerprint density at radius 1 is 1.20 bits per heavy atom. The van der Waals surface area contributed by atoms with Gasteiger partial charge >= 0.3 is 0 Å². The highest BCUT2D eigenvalue weighted by molar-refractivity contribution is 5.81. The Kier molecular flexibility index (Phi) is 4.58. The summed E-state index contributed by atoms with van der Waals surface area (Å²) >= 11 is 0. The van der Waals surface area contributed by atoms with Crippen molar-refractivity contribution in [2.75, 3.05) is 13.1 Å². The van der Waals surface area contributed by atoms with E-state index in [-0.39, 0.29) is 6.61 Å². The van der Waals surface area contributed by atoms with Gasteiger partial charge in [0.1, 0.15) is 0 Å². The molecule has 1 N–H and O–H groups in total. The van der Waals surface area contributed by atoms with E-state index in [1.54, 1.807) is 0 Å². The number of aliphatic hydroxyl groups is 1. The van der Waals surface area contributed by atoms with Crippen LogP contribution in [0.2, 0.25) is 0 Å². The molecule has 3 heteroatoms. The summed E-state index contributed by atoms with van der Waals surface area (Å²) in [5.41, 5.74) is 6.18. The molecule has 2 aliphatic carbocycles. The topological polar surface area (TPSA) is 40.5 Å². The maximum atomic E-state index is 11.0. The first kappa shape index (κ1) is 16.3. The molecule has 1 aromatic carbocycles. The minimum atomic E-state index is 0.0504. The molecule has 1 heterocycles. The van der Waals surface area contributed by atoms with Crippen molar-refractivity contribution in [2.24, 2.45) is 5.92 Å². The number of nitrogens with zero attached hydrogens (tertiary/aromatic N) is 1. The molecule has 1 amide bonds. The number of hydrogen-bond donors (Lipinski definition) is 1. The molecular formula is C22H25NO2. The van der Waals surface area contributed by atoms with Gasteiger partial charge in [0, 0.05) is 19.0 Å². The molecule has 1 aliphatic heterocycles. The molecule has 1 unspecified atom stereocenters. The van der Waals surface area contributed by atoms with E-state index in [9.17, 15) is 9.90 Å². The molecule has 1 saturated carbocycles. The Labute approximate surface area is 149 Å². The number of aliphatic hydroxyl groups excluding tert-OH is 1. The maximum absolute atomic E-state index is 11.0. The van der Waals surface area contributed by atoms with Crippen LogP contribution in [-0.4, -0.2) is 29.5 Å². The van der Waals surface area contributed by atoms with Gasteiger partial charge < -0.3 is 10.0 Å². The number of likely N-dealkylation sites (tertiary alicyclic amines) is 1. The molecule has 1 aromatic rings. The van der Waals surface area contributed by atoms with Crippen molar-refractivity contribution in [2.45, 2.75) is 38.2 Å². The Hall–Kier alpha value is -2.13. The molecule has 2 fully saturated rings. The highest BCUT2D eigenvalue weighted by Gasteiger charge is 2.29. The van der Waals surface area contributed by atoms with Gasteiger partial charge in [-0.05, 0) is 65.5 Å². The second kappa shape index (κ2) is 7.01. The van der Waals surface area contributed by atoms with E-state index in [1.165, 1.54) is 35.1 Å². The number of allylic oxidation sites excluding steroid dienone is 6. The van der Waals surface area contributed by atoms with Crippen LogP contribution in [0.1, 0.15) is 48.3 Å². The SMILES string of the molecule is O=CN1CCC(c2ccc(C3=CCC=CC=C3C3CC3)cc2CO)C1. The molecule has 3 nitrogen and oxygen atoms in total. The first-order valence-corrected chi connectivity index (χ1v) is 9.31. The smallest absolute Gasteiger partial charge is 0.209 e. The zero-order valence-corrected chi connectivity index (χ0v) is 14.5. The number of hydrogen-bond acceptors (Lipinski definition) is 2. The lowest BCUT2D eigenvalue weighted by molar-refractivity contribution is -0.117. The van der Waals surface area contributed by atoms with E-state index >= 15 is 0 Å². The minimum absolute atomic E-state index is 0.0504. The predicted octanol–water partition coefficient (Wildman–Crippen LogP) is 3.80. The van der Waals surface area contributed by atoms with Gasteiger partial charge in [-0.25, -0.2) is 0 Å². The van der Waals surface area contributed by atoms with Gasteiger partial charge in [0.15, 0.2) is 0 Å². The lowest BCUT2D eigenvalue weighted by Crippen LogP contribution is -2.18. The van der Waals surface area contributed by atoms with Crippen molar-refractivity contribution < 1.29 is 9.90 Å². The summed E-state index contributed by atoms with van der Waals surface area (Å²) in [4.78, 5) is 12.8. The van der Waals surface area contributed by atoms with Crippen LogP contribution in [0, 0.1) is 5.92 Å². The second-order valence-corrected chi connectivity index (χ2v) is 7.34. The van der Waals surface area contributed by atoms with Crippen molar-refractivity contribution in [3.63, 3.8) is 0 Å². The van der Waals surface area contributed by atoms with E-state index in [1.807, 2.05) is 4.90 Å². The van der Waals surface area contributed by atoms with Crippen LogP contribution in [0.5, 0.6) is 0 Å². The van der Waals surface area contributed by atoms with Gasteiger partial charge in [-0.2, -0.15) is 0 Å². The second-order valence-electron chi connectivity index (χ2n) is 7.34.